The van der Waals surface area contributed by atoms with Crippen LogP contribution in [0, 0.1) is 32.1 Å². The molecule has 7 nitrogen and oxygen atoms in total. The van der Waals surface area contributed by atoms with E-state index in [9.17, 15) is 33.4 Å². The Balaban J connectivity index is 2.68. The predicted octanol–water partition coefficient (Wildman–Crippen LogP) is 4.00. The molecule has 24 heavy (non-hydrogen) atoms. The van der Waals surface area contributed by atoms with Crippen LogP contribution in [0.2, 0.25) is 0 Å². The van der Waals surface area contributed by atoms with Crippen molar-refractivity contribution in [2.45, 2.75) is 26.4 Å². The lowest BCUT2D eigenvalue weighted by Crippen LogP contribution is -2.39. The number of nitro groups is 2. The Bertz CT molecular complexity index is 633. The Hall–Kier alpha value is -2.39. The smallest absolute Gasteiger partial charge is 0.360 e. The Morgan fingerprint density at radius 2 is 1.46 bits per heavy atom. The Morgan fingerprint density at radius 3 is 1.79 bits per heavy atom. The van der Waals surface area contributed by atoms with Crippen molar-refractivity contribution in [1.82, 2.24) is 0 Å². The van der Waals surface area contributed by atoms with Crippen LogP contribution >= 0.6 is 0 Å². The van der Waals surface area contributed by atoms with Crippen molar-refractivity contribution in [2.24, 2.45) is 11.8 Å². The fourth-order valence-electron chi connectivity index (χ4n) is 3.22. The van der Waals surface area contributed by atoms with E-state index in [1.54, 1.807) is 0 Å². The summed E-state index contributed by atoms with van der Waals surface area (Å²) in [6.45, 7) is 4.42. The second kappa shape index (κ2) is 6.25. The van der Waals surface area contributed by atoms with Crippen molar-refractivity contribution >= 4 is 17.1 Å². The quantitative estimate of drug-likeness (QED) is 0.609. The summed E-state index contributed by atoms with van der Waals surface area (Å²) in [5, 5.41) is 22.5. The van der Waals surface area contributed by atoms with E-state index in [2.05, 4.69) is 0 Å². The predicted molar refractivity (Wildman–Crippen MR) is 79.9 cm³/mol. The maximum atomic E-state index is 12.9. The summed E-state index contributed by atoms with van der Waals surface area (Å²) < 4.78 is 38.7. The normalized spacial score (nSPS) is 21.6. The summed E-state index contributed by atoms with van der Waals surface area (Å²) in [6, 6.07) is 0.735. The first kappa shape index (κ1) is 18.0. The van der Waals surface area contributed by atoms with Gasteiger partial charge in [0, 0.05) is 25.2 Å². The van der Waals surface area contributed by atoms with Gasteiger partial charge >= 0.3 is 6.18 Å². The van der Waals surface area contributed by atoms with E-state index in [4.69, 9.17) is 0 Å². The lowest BCUT2D eigenvalue weighted by Gasteiger charge is -2.35. The largest absolute Gasteiger partial charge is 0.416 e. The zero-order valence-corrected chi connectivity index (χ0v) is 13.0. The number of alkyl halides is 3. The second-order valence-electron chi connectivity index (χ2n) is 6.23. The molecule has 1 saturated heterocycles. The highest BCUT2D eigenvalue weighted by molar-refractivity contribution is 5.76. The van der Waals surface area contributed by atoms with Crippen LogP contribution in [0.5, 0.6) is 0 Å². The van der Waals surface area contributed by atoms with Gasteiger partial charge in [-0.05, 0) is 18.3 Å². The number of benzene rings is 1. The topological polar surface area (TPSA) is 89.5 Å². The minimum absolute atomic E-state index is 0.121. The first-order chi connectivity index (χ1) is 11.0. The minimum Gasteiger partial charge on any atom is -0.360 e. The molecule has 1 heterocycles. The van der Waals surface area contributed by atoms with Gasteiger partial charge in [-0.1, -0.05) is 13.8 Å². The molecule has 0 amide bonds. The number of anilines is 1. The fourth-order valence-corrected chi connectivity index (χ4v) is 3.22. The van der Waals surface area contributed by atoms with Gasteiger partial charge in [0.25, 0.3) is 11.4 Å². The zero-order valence-electron chi connectivity index (χ0n) is 13.0. The molecule has 1 aliphatic heterocycles. The van der Waals surface area contributed by atoms with Gasteiger partial charge in [0.05, 0.1) is 15.4 Å². The average Bonchev–Trinajstić information content (AvgIpc) is 2.43. The van der Waals surface area contributed by atoms with Crippen LogP contribution in [0.25, 0.3) is 0 Å². The number of hydrogen-bond donors (Lipinski definition) is 0. The van der Waals surface area contributed by atoms with Crippen molar-refractivity contribution in [3.05, 3.63) is 37.9 Å². The molecule has 1 aromatic carbocycles. The SMILES string of the molecule is CC1CC(C)CN(c2c([N+](=O)[O-])cc(C(F)(F)F)cc2[N+](=O)[O-])C1. The van der Waals surface area contributed by atoms with Gasteiger partial charge in [-0.15, -0.1) is 0 Å². The minimum atomic E-state index is -4.91. The summed E-state index contributed by atoms with van der Waals surface area (Å²) in [5.41, 5.74) is -3.53. The Kier molecular flexibility index (Phi) is 4.68. The molecule has 1 fully saturated rings. The molecule has 0 N–H and O–H groups in total. The summed E-state index contributed by atoms with van der Waals surface area (Å²) in [6.07, 6.45) is -4.06. The number of piperidine rings is 1. The summed E-state index contributed by atoms with van der Waals surface area (Å²) in [5.74, 6) is 0.241. The zero-order chi connectivity index (χ0) is 18.2. The standard InChI is InChI=1S/C14H16F3N3O4/c1-8-3-9(2)7-18(6-8)13-11(19(21)22)4-10(14(15,16)17)5-12(13)20(23)24/h4-5,8-9H,3,6-7H2,1-2H3. The third-order valence-corrected chi connectivity index (χ3v) is 3.98. The number of nitrogens with zero attached hydrogens (tertiary/aromatic N) is 3. The number of nitro benzene ring substituents is 2. The highest BCUT2D eigenvalue weighted by Crippen LogP contribution is 2.44. The number of halogens is 3. The maximum Gasteiger partial charge on any atom is 0.416 e. The fraction of sp³-hybridized carbons (Fsp3) is 0.571. The van der Waals surface area contributed by atoms with Gasteiger partial charge in [-0.2, -0.15) is 13.2 Å². The van der Waals surface area contributed by atoms with E-state index < -0.39 is 33.0 Å². The van der Waals surface area contributed by atoms with Crippen molar-refractivity contribution in [3.63, 3.8) is 0 Å². The van der Waals surface area contributed by atoms with Gasteiger partial charge in [0.15, 0.2) is 5.69 Å². The van der Waals surface area contributed by atoms with Gasteiger partial charge in [0.2, 0.25) is 0 Å². The molecule has 0 aromatic heterocycles. The van der Waals surface area contributed by atoms with Crippen LogP contribution in [-0.2, 0) is 6.18 Å². The highest BCUT2D eigenvalue weighted by atomic mass is 19.4. The van der Waals surface area contributed by atoms with Gasteiger partial charge in [-0.25, -0.2) is 0 Å². The molecule has 1 aromatic rings. The van der Waals surface area contributed by atoms with Crippen LogP contribution in [-0.4, -0.2) is 22.9 Å². The Labute approximate surface area is 135 Å². The third-order valence-electron chi connectivity index (χ3n) is 3.98. The van der Waals surface area contributed by atoms with Crippen molar-refractivity contribution in [1.29, 1.82) is 0 Å². The van der Waals surface area contributed by atoms with E-state index in [-0.39, 0.29) is 17.5 Å². The molecule has 0 spiro atoms. The molecule has 0 saturated carbocycles. The first-order valence-corrected chi connectivity index (χ1v) is 7.29. The van der Waals surface area contributed by atoms with E-state index in [0.717, 1.165) is 6.42 Å². The molecule has 0 bridgehead atoms. The molecule has 2 atom stereocenters. The summed E-state index contributed by atoms with van der Waals surface area (Å²) in [7, 11) is 0. The average molecular weight is 347 g/mol. The maximum absolute atomic E-state index is 12.9. The first-order valence-electron chi connectivity index (χ1n) is 7.29. The molecule has 1 aliphatic rings. The van der Waals surface area contributed by atoms with Crippen LogP contribution in [0.4, 0.5) is 30.2 Å². The lowest BCUT2D eigenvalue weighted by atomic mass is 9.91. The molecule has 132 valence electrons. The molecular weight excluding hydrogens is 331 g/mol. The van der Waals surface area contributed by atoms with E-state index in [1.807, 2.05) is 13.8 Å². The monoisotopic (exact) mass is 347 g/mol. The van der Waals surface area contributed by atoms with E-state index >= 15 is 0 Å². The lowest BCUT2D eigenvalue weighted by molar-refractivity contribution is -0.393. The van der Waals surface area contributed by atoms with Gasteiger partial charge in [0.1, 0.15) is 0 Å². The number of rotatable bonds is 3. The molecule has 10 heteroatoms. The molecule has 2 rings (SSSR count). The highest BCUT2D eigenvalue weighted by Gasteiger charge is 2.40. The third kappa shape index (κ3) is 3.57. The van der Waals surface area contributed by atoms with Crippen molar-refractivity contribution in [2.75, 3.05) is 18.0 Å². The molecule has 0 radical (unpaired) electrons. The van der Waals surface area contributed by atoms with Crippen LogP contribution < -0.4 is 4.90 Å². The van der Waals surface area contributed by atoms with Crippen LogP contribution in [0.1, 0.15) is 25.8 Å². The Morgan fingerprint density at radius 1 is 1.04 bits per heavy atom. The van der Waals surface area contributed by atoms with E-state index in [1.165, 1.54) is 4.90 Å². The van der Waals surface area contributed by atoms with E-state index in [0.29, 0.717) is 25.2 Å². The molecule has 0 aliphatic carbocycles. The number of hydrogen-bond acceptors (Lipinski definition) is 5. The van der Waals surface area contributed by atoms with Crippen molar-refractivity contribution < 1.29 is 23.0 Å². The summed E-state index contributed by atoms with van der Waals surface area (Å²) >= 11 is 0. The molecule has 2 unspecified atom stereocenters. The van der Waals surface area contributed by atoms with Crippen LogP contribution in [0.3, 0.4) is 0 Å². The van der Waals surface area contributed by atoms with Gasteiger partial charge in [-0.3, -0.25) is 20.2 Å². The van der Waals surface area contributed by atoms with Crippen molar-refractivity contribution in [3.8, 4) is 0 Å². The second-order valence-corrected chi connectivity index (χ2v) is 6.23. The molecular formula is C14H16F3N3O4. The van der Waals surface area contributed by atoms with Crippen LogP contribution in [0.15, 0.2) is 12.1 Å². The van der Waals surface area contributed by atoms with Gasteiger partial charge < -0.3 is 4.90 Å². The summed E-state index contributed by atoms with van der Waals surface area (Å²) in [4.78, 5) is 22.0.